The number of carboxylic acid groups (broad SMARTS) is 1. The van der Waals surface area contributed by atoms with Gasteiger partial charge in [0.1, 0.15) is 17.5 Å². The third-order valence-corrected chi connectivity index (χ3v) is 4.68. The second kappa shape index (κ2) is 6.72. The molecule has 1 aliphatic rings. The van der Waals surface area contributed by atoms with Gasteiger partial charge in [-0.25, -0.2) is 14.8 Å². The lowest BCUT2D eigenvalue weighted by Gasteiger charge is -2.24. The van der Waals surface area contributed by atoms with E-state index in [9.17, 15) is 4.79 Å². The zero-order chi connectivity index (χ0) is 19.0. The topological polar surface area (TPSA) is 78.3 Å². The summed E-state index contributed by atoms with van der Waals surface area (Å²) in [7, 11) is 0. The quantitative estimate of drug-likeness (QED) is 0.722. The highest BCUT2D eigenvalue weighted by Gasteiger charge is 2.28. The van der Waals surface area contributed by atoms with Crippen molar-refractivity contribution in [1.82, 2.24) is 9.97 Å². The highest BCUT2D eigenvalue weighted by molar-refractivity contribution is 5.88. The molecular weight excluding hydrogens is 340 g/mol. The normalized spacial score (nSPS) is 15.5. The van der Waals surface area contributed by atoms with E-state index in [1.807, 2.05) is 19.1 Å². The lowest BCUT2D eigenvalue weighted by molar-refractivity contribution is 0.0697. The molecule has 4 rings (SSSR count). The van der Waals surface area contributed by atoms with Gasteiger partial charge < -0.3 is 15.3 Å². The van der Waals surface area contributed by atoms with E-state index in [0.717, 1.165) is 17.9 Å². The summed E-state index contributed by atoms with van der Waals surface area (Å²) in [5.41, 5.74) is 3.53. The second-order valence-corrected chi connectivity index (χ2v) is 6.72. The third-order valence-electron chi connectivity index (χ3n) is 4.68. The highest BCUT2D eigenvalue weighted by atomic mass is 16.4. The van der Waals surface area contributed by atoms with Gasteiger partial charge in [0.25, 0.3) is 0 Å². The molecule has 1 aromatic heterocycles. The first-order valence-electron chi connectivity index (χ1n) is 8.84. The minimum absolute atomic E-state index is 0.252. The summed E-state index contributed by atoms with van der Waals surface area (Å²) in [6, 6.07) is 17.2. The molecule has 0 spiro atoms. The first-order valence-corrected chi connectivity index (χ1v) is 8.84. The number of para-hydroxylation sites is 1. The Morgan fingerprint density at radius 3 is 2.63 bits per heavy atom. The average molecular weight is 360 g/mol. The van der Waals surface area contributed by atoms with Crippen LogP contribution in [0.25, 0.3) is 0 Å². The van der Waals surface area contributed by atoms with Crippen molar-refractivity contribution in [2.45, 2.75) is 26.3 Å². The van der Waals surface area contributed by atoms with E-state index in [-0.39, 0.29) is 5.56 Å². The van der Waals surface area contributed by atoms with Gasteiger partial charge in [0.15, 0.2) is 0 Å². The molecule has 1 aliphatic heterocycles. The van der Waals surface area contributed by atoms with Crippen molar-refractivity contribution in [3.63, 3.8) is 0 Å². The molecule has 6 nitrogen and oxygen atoms in total. The Morgan fingerprint density at radius 2 is 1.89 bits per heavy atom. The third kappa shape index (κ3) is 3.33. The van der Waals surface area contributed by atoms with Crippen LogP contribution in [0.1, 0.15) is 28.7 Å². The number of hydrogen-bond donors (Lipinski definition) is 2. The van der Waals surface area contributed by atoms with Gasteiger partial charge in [-0.05, 0) is 56.2 Å². The molecular formula is C21H20N4O2. The molecule has 0 saturated heterocycles. The number of fused-ring (bicyclic) bond motifs is 1. The van der Waals surface area contributed by atoms with Crippen LogP contribution in [0.3, 0.4) is 0 Å². The first-order chi connectivity index (χ1) is 13.0. The van der Waals surface area contributed by atoms with Crippen LogP contribution in [-0.4, -0.2) is 27.1 Å². The number of aromatic nitrogens is 2. The van der Waals surface area contributed by atoms with Crippen LogP contribution in [0.2, 0.25) is 0 Å². The van der Waals surface area contributed by atoms with E-state index >= 15 is 0 Å². The second-order valence-electron chi connectivity index (χ2n) is 6.72. The molecule has 2 N–H and O–H groups in total. The summed E-state index contributed by atoms with van der Waals surface area (Å²) in [5.74, 6) is 1.26. The molecule has 136 valence electrons. The van der Waals surface area contributed by atoms with Crippen LogP contribution in [0.15, 0.2) is 54.6 Å². The molecule has 2 heterocycles. The van der Waals surface area contributed by atoms with Gasteiger partial charge in [-0.3, -0.25) is 0 Å². The molecule has 0 amide bonds. The van der Waals surface area contributed by atoms with Crippen LogP contribution in [0.4, 0.5) is 23.0 Å². The number of hydrogen-bond acceptors (Lipinski definition) is 5. The number of rotatable bonds is 4. The van der Waals surface area contributed by atoms with E-state index in [2.05, 4.69) is 45.3 Å². The molecule has 27 heavy (non-hydrogen) atoms. The van der Waals surface area contributed by atoms with Crippen LogP contribution in [-0.2, 0) is 6.42 Å². The highest BCUT2D eigenvalue weighted by Crippen LogP contribution is 2.37. The Labute approximate surface area is 157 Å². The number of nitrogens with zero attached hydrogens (tertiary/aromatic N) is 3. The number of nitrogens with one attached hydrogen (secondary N) is 1. The van der Waals surface area contributed by atoms with Crippen molar-refractivity contribution < 1.29 is 9.90 Å². The summed E-state index contributed by atoms with van der Waals surface area (Å²) in [4.78, 5) is 22.3. The van der Waals surface area contributed by atoms with Gasteiger partial charge in [-0.15, -0.1) is 0 Å². The fourth-order valence-corrected chi connectivity index (χ4v) is 3.50. The minimum Gasteiger partial charge on any atom is -0.478 e. The molecule has 0 fully saturated rings. The number of aromatic carboxylic acids is 1. The van der Waals surface area contributed by atoms with E-state index in [1.54, 1.807) is 24.3 Å². The summed E-state index contributed by atoms with van der Waals surface area (Å²) >= 11 is 0. The molecule has 2 aromatic carbocycles. The number of aryl methyl sites for hydroxylation is 1. The predicted molar refractivity (Wildman–Crippen MR) is 105 cm³/mol. The van der Waals surface area contributed by atoms with Crippen molar-refractivity contribution in [1.29, 1.82) is 0 Å². The molecule has 3 aromatic rings. The van der Waals surface area contributed by atoms with Crippen molar-refractivity contribution >= 4 is 29.0 Å². The van der Waals surface area contributed by atoms with E-state index in [0.29, 0.717) is 17.7 Å². The van der Waals surface area contributed by atoms with Gasteiger partial charge in [-0.2, -0.15) is 0 Å². The lowest BCUT2D eigenvalue weighted by Crippen LogP contribution is -2.25. The standard InChI is InChI=1S/C21H20N4O2/c1-13-11-16-5-3-4-6-18(16)25(13)20-12-19(22-14(2)23-20)24-17-9-7-15(8-10-17)21(26)27/h3-10,12-13H,11H2,1-2H3,(H,26,27)(H,22,23,24). The van der Waals surface area contributed by atoms with Crippen molar-refractivity contribution in [2.75, 3.05) is 10.2 Å². The minimum atomic E-state index is -0.941. The Kier molecular flexibility index (Phi) is 4.24. The smallest absolute Gasteiger partial charge is 0.335 e. The Morgan fingerprint density at radius 1 is 1.15 bits per heavy atom. The van der Waals surface area contributed by atoms with Crippen molar-refractivity contribution in [2.24, 2.45) is 0 Å². The van der Waals surface area contributed by atoms with Gasteiger partial charge >= 0.3 is 5.97 Å². The molecule has 0 saturated carbocycles. The predicted octanol–water partition coefficient (Wildman–Crippen LogP) is 4.31. The number of benzene rings is 2. The van der Waals surface area contributed by atoms with Crippen LogP contribution in [0, 0.1) is 6.92 Å². The van der Waals surface area contributed by atoms with Gasteiger partial charge in [0.05, 0.1) is 5.56 Å². The zero-order valence-electron chi connectivity index (χ0n) is 15.2. The maximum absolute atomic E-state index is 11.0. The fraction of sp³-hybridized carbons (Fsp3) is 0.190. The molecule has 1 unspecified atom stereocenters. The number of carboxylic acids is 1. The van der Waals surface area contributed by atoms with E-state index < -0.39 is 5.97 Å². The lowest BCUT2D eigenvalue weighted by atomic mass is 10.1. The monoisotopic (exact) mass is 360 g/mol. The SMILES string of the molecule is Cc1nc(Nc2ccc(C(=O)O)cc2)cc(N2c3ccccc3CC2C)n1. The maximum atomic E-state index is 11.0. The average Bonchev–Trinajstić information content (AvgIpc) is 2.97. The molecule has 0 aliphatic carbocycles. The van der Waals surface area contributed by atoms with Gasteiger partial charge in [-0.1, -0.05) is 18.2 Å². The fourth-order valence-electron chi connectivity index (χ4n) is 3.50. The molecule has 1 atom stereocenters. The first kappa shape index (κ1) is 17.0. The van der Waals surface area contributed by atoms with E-state index in [4.69, 9.17) is 5.11 Å². The summed E-state index contributed by atoms with van der Waals surface area (Å²) in [6.07, 6.45) is 0.985. The van der Waals surface area contributed by atoms with Gasteiger partial charge in [0, 0.05) is 23.5 Å². The van der Waals surface area contributed by atoms with Crippen molar-refractivity contribution in [3.8, 4) is 0 Å². The number of carbonyl (C=O) groups is 1. The zero-order valence-corrected chi connectivity index (χ0v) is 15.2. The molecule has 0 bridgehead atoms. The molecule has 0 radical (unpaired) electrons. The van der Waals surface area contributed by atoms with Crippen molar-refractivity contribution in [3.05, 3.63) is 71.5 Å². The number of anilines is 4. The van der Waals surface area contributed by atoms with E-state index in [1.165, 1.54) is 11.3 Å². The van der Waals surface area contributed by atoms with Crippen LogP contribution < -0.4 is 10.2 Å². The molecule has 6 heteroatoms. The Balaban J connectivity index is 1.65. The Bertz CT molecular complexity index is 1000. The maximum Gasteiger partial charge on any atom is 0.335 e. The largest absolute Gasteiger partial charge is 0.478 e. The van der Waals surface area contributed by atoms with Crippen LogP contribution in [0.5, 0.6) is 0 Å². The summed E-state index contributed by atoms with van der Waals surface area (Å²) in [5, 5.41) is 12.3. The summed E-state index contributed by atoms with van der Waals surface area (Å²) < 4.78 is 0. The van der Waals surface area contributed by atoms with Crippen LogP contribution >= 0.6 is 0 Å². The van der Waals surface area contributed by atoms with Gasteiger partial charge in [0.2, 0.25) is 0 Å². The summed E-state index contributed by atoms with van der Waals surface area (Å²) in [6.45, 7) is 4.06. The Hall–Kier alpha value is -3.41.